The van der Waals surface area contributed by atoms with E-state index in [1.165, 1.54) is 12.3 Å². The molecule has 0 saturated carbocycles. The molecule has 0 radical (unpaired) electrons. The quantitative estimate of drug-likeness (QED) is 0.726. The summed E-state index contributed by atoms with van der Waals surface area (Å²) in [5.41, 5.74) is 0.837. The lowest BCUT2D eigenvalue weighted by molar-refractivity contribution is -0.137. The summed E-state index contributed by atoms with van der Waals surface area (Å²) in [5, 5.41) is 2.78. The van der Waals surface area contributed by atoms with Gasteiger partial charge < -0.3 is 5.32 Å². The van der Waals surface area contributed by atoms with Crippen LogP contribution in [0.1, 0.15) is 34.7 Å². The molecule has 7 heteroatoms. The molecule has 0 spiro atoms. The molecule has 0 fully saturated rings. The first-order chi connectivity index (χ1) is 12.8. The highest BCUT2D eigenvalue weighted by Crippen LogP contribution is 2.31. The third-order valence-electron chi connectivity index (χ3n) is 3.95. The van der Waals surface area contributed by atoms with E-state index in [0.717, 1.165) is 12.1 Å². The topological polar surface area (TPSA) is 54.9 Å². The number of benzene rings is 1. The van der Waals surface area contributed by atoms with Crippen molar-refractivity contribution in [2.24, 2.45) is 0 Å². The Hall–Kier alpha value is -3.22. The molecule has 1 unspecified atom stereocenters. The minimum Gasteiger partial charge on any atom is -0.343 e. The first kappa shape index (κ1) is 18.6. The molecule has 0 saturated heterocycles. The number of halogens is 3. The smallest absolute Gasteiger partial charge is 0.343 e. The highest BCUT2D eigenvalue weighted by molar-refractivity contribution is 5.92. The lowest BCUT2D eigenvalue weighted by Crippen LogP contribution is -2.27. The van der Waals surface area contributed by atoms with Crippen LogP contribution in [0.25, 0.3) is 11.3 Å². The van der Waals surface area contributed by atoms with Crippen molar-refractivity contribution in [3.8, 4) is 11.3 Å². The van der Waals surface area contributed by atoms with E-state index in [4.69, 9.17) is 0 Å². The van der Waals surface area contributed by atoms with Crippen LogP contribution in [0.4, 0.5) is 13.2 Å². The van der Waals surface area contributed by atoms with Crippen molar-refractivity contribution in [3.63, 3.8) is 0 Å². The Labute approximate surface area is 154 Å². The summed E-state index contributed by atoms with van der Waals surface area (Å²) in [5.74, 6) is -0.352. The second-order valence-electron chi connectivity index (χ2n) is 5.94. The number of rotatable bonds is 4. The molecule has 1 aromatic carbocycles. The molecule has 3 rings (SSSR count). The molecule has 0 aliphatic rings. The molecule has 4 nitrogen and oxygen atoms in total. The highest BCUT2D eigenvalue weighted by Gasteiger charge is 2.30. The summed E-state index contributed by atoms with van der Waals surface area (Å²) >= 11 is 0. The molecule has 1 amide bonds. The van der Waals surface area contributed by atoms with Gasteiger partial charge in [0.05, 0.1) is 23.0 Å². The van der Waals surface area contributed by atoms with Gasteiger partial charge in [-0.1, -0.05) is 24.3 Å². The zero-order valence-corrected chi connectivity index (χ0v) is 14.4. The first-order valence-electron chi connectivity index (χ1n) is 8.21. The average molecular weight is 371 g/mol. The summed E-state index contributed by atoms with van der Waals surface area (Å²) in [6.45, 7) is 1.75. The van der Waals surface area contributed by atoms with E-state index >= 15 is 0 Å². The van der Waals surface area contributed by atoms with Crippen LogP contribution in [0.2, 0.25) is 0 Å². The molecule has 0 bridgehead atoms. The van der Waals surface area contributed by atoms with Gasteiger partial charge in [0.1, 0.15) is 5.69 Å². The van der Waals surface area contributed by atoms with Crippen molar-refractivity contribution in [3.05, 3.63) is 83.8 Å². The summed E-state index contributed by atoms with van der Waals surface area (Å²) in [7, 11) is 0. The van der Waals surface area contributed by atoms with Gasteiger partial charge >= 0.3 is 6.18 Å². The predicted octanol–water partition coefficient (Wildman–Crippen LogP) is 4.65. The maximum atomic E-state index is 12.9. The molecular weight excluding hydrogens is 355 g/mol. The van der Waals surface area contributed by atoms with E-state index in [1.807, 2.05) is 0 Å². The zero-order chi connectivity index (χ0) is 19.4. The lowest BCUT2D eigenvalue weighted by Gasteiger charge is -2.15. The van der Waals surface area contributed by atoms with Crippen LogP contribution in [-0.4, -0.2) is 15.9 Å². The average Bonchev–Trinajstić information content (AvgIpc) is 2.68. The Bertz CT molecular complexity index is 942. The normalized spacial score (nSPS) is 12.4. The molecule has 138 valence electrons. The molecule has 0 aliphatic heterocycles. The fourth-order valence-electron chi connectivity index (χ4n) is 2.55. The van der Waals surface area contributed by atoms with Crippen molar-refractivity contribution >= 4 is 5.91 Å². The van der Waals surface area contributed by atoms with Gasteiger partial charge in [-0.3, -0.25) is 14.8 Å². The van der Waals surface area contributed by atoms with Crippen LogP contribution < -0.4 is 5.32 Å². The maximum Gasteiger partial charge on any atom is 0.416 e. The van der Waals surface area contributed by atoms with Crippen molar-refractivity contribution in [1.82, 2.24) is 15.3 Å². The van der Waals surface area contributed by atoms with Crippen LogP contribution in [0.15, 0.2) is 66.9 Å². The number of hydrogen-bond donors (Lipinski definition) is 1. The number of amides is 1. The number of nitrogens with zero attached hydrogens (tertiary/aromatic N) is 2. The Morgan fingerprint density at radius 3 is 2.52 bits per heavy atom. The molecule has 1 atom stereocenters. The van der Waals surface area contributed by atoms with Crippen molar-refractivity contribution in [2.45, 2.75) is 19.1 Å². The Morgan fingerprint density at radius 2 is 1.81 bits per heavy atom. The standard InChI is InChI=1S/C20H16F3N3O/c1-13(25-19(27)18-8-2-3-11-24-18)16-9-5-10-17(26-16)14-6-4-7-15(12-14)20(21,22)23/h2-13H,1H3,(H,25,27). The van der Waals surface area contributed by atoms with Gasteiger partial charge in [-0.05, 0) is 43.3 Å². The fraction of sp³-hybridized carbons (Fsp3) is 0.150. The van der Waals surface area contributed by atoms with Gasteiger partial charge in [0.15, 0.2) is 0 Å². The van der Waals surface area contributed by atoms with E-state index in [-0.39, 0.29) is 11.6 Å². The van der Waals surface area contributed by atoms with Crippen molar-refractivity contribution in [2.75, 3.05) is 0 Å². The summed E-state index contributed by atoms with van der Waals surface area (Å²) in [4.78, 5) is 20.6. The Morgan fingerprint density at radius 1 is 1.04 bits per heavy atom. The molecule has 0 aliphatic carbocycles. The number of carbonyl (C=O) groups excluding carboxylic acids is 1. The third kappa shape index (κ3) is 4.49. The van der Waals surface area contributed by atoms with Crippen molar-refractivity contribution in [1.29, 1.82) is 0 Å². The van der Waals surface area contributed by atoms with Gasteiger partial charge in [0.2, 0.25) is 0 Å². The molecule has 27 heavy (non-hydrogen) atoms. The first-order valence-corrected chi connectivity index (χ1v) is 8.21. The number of hydrogen-bond acceptors (Lipinski definition) is 3. The number of carbonyl (C=O) groups is 1. The zero-order valence-electron chi connectivity index (χ0n) is 14.4. The van der Waals surface area contributed by atoms with E-state index in [0.29, 0.717) is 17.0 Å². The van der Waals surface area contributed by atoms with Crippen molar-refractivity contribution < 1.29 is 18.0 Å². The van der Waals surface area contributed by atoms with Gasteiger partial charge in [-0.25, -0.2) is 0 Å². The second kappa shape index (κ2) is 7.57. The summed E-state index contributed by atoms with van der Waals surface area (Å²) in [6, 6.07) is 14.6. The molecule has 2 aromatic heterocycles. The number of nitrogens with one attached hydrogen (secondary N) is 1. The van der Waals surface area contributed by atoms with E-state index in [1.54, 1.807) is 49.4 Å². The lowest BCUT2D eigenvalue weighted by atomic mass is 10.1. The molecule has 2 heterocycles. The highest BCUT2D eigenvalue weighted by atomic mass is 19.4. The van der Waals surface area contributed by atoms with Crippen LogP contribution in [-0.2, 0) is 6.18 Å². The second-order valence-corrected chi connectivity index (χ2v) is 5.94. The minimum atomic E-state index is -4.42. The van der Waals surface area contributed by atoms with Gasteiger partial charge in [-0.2, -0.15) is 13.2 Å². The van der Waals surface area contributed by atoms with Crippen LogP contribution >= 0.6 is 0 Å². The minimum absolute atomic E-state index is 0.276. The summed E-state index contributed by atoms with van der Waals surface area (Å²) < 4.78 is 38.8. The molecule has 1 N–H and O–H groups in total. The summed E-state index contributed by atoms with van der Waals surface area (Å²) in [6.07, 6.45) is -2.90. The molecular formula is C20H16F3N3O. The Balaban J connectivity index is 1.82. The Kier molecular flexibility index (Phi) is 5.21. The van der Waals surface area contributed by atoms with Gasteiger partial charge in [-0.15, -0.1) is 0 Å². The third-order valence-corrected chi connectivity index (χ3v) is 3.95. The van der Waals surface area contributed by atoms with Gasteiger partial charge in [0.25, 0.3) is 5.91 Å². The van der Waals surface area contributed by atoms with E-state index < -0.39 is 17.8 Å². The number of pyridine rings is 2. The largest absolute Gasteiger partial charge is 0.416 e. The van der Waals surface area contributed by atoms with E-state index in [9.17, 15) is 18.0 Å². The maximum absolute atomic E-state index is 12.9. The fourth-order valence-corrected chi connectivity index (χ4v) is 2.55. The van der Waals surface area contributed by atoms with Crippen LogP contribution in [0, 0.1) is 0 Å². The van der Waals surface area contributed by atoms with E-state index in [2.05, 4.69) is 15.3 Å². The monoisotopic (exact) mass is 371 g/mol. The number of aromatic nitrogens is 2. The van der Waals surface area contributed by atoms with Crippen LogP contribution in [0.3, 0.4) is 0 Å². The predicted molar refractivity (Wildman–Crippen MR) is 94.8 cm³/mol. The van der Waals surface area contributed by atoms with Gasteiger partial charge in [0, 0.05) is 11.8 Å². The van der Waals surface area contributed by atoms with Crippen LogP contribution in [0.5, 0.6) is 0 Å². The SMILES string of the molecule is CC(NC(=O)c1ccccn1)c1cccc(-c2cccc(C(F)(F)F)c2)n1. The molecule has 3 aromatic rings. The number of alkyl halides is 3.